The van der Waals surface area contributed by atoms with Crippen LogP contribution in [0.3, 0.4) is 0 Å². The molecule has 0 aromatic heterocycles. The number of aliphatic hydroxyl groups is 4. The molecule has 0 unspecified atom stereocenters. The lowest BCUT2D eigenvalue weighted by Crippen LogP contribution is -2.01. The highest BCUT2D eigenvalue weighted by atomic mass is 16.3. The van der Waals surface area contributed by atoms with E-state index in [0.29, 0.717) is 19.8 Å². The number of hydrogen-bond donors (Lipinski definition) is 4. The first-order chi connectivity index (χ1) is 29.4. The van der Waals surface area contributed by atoms with E-state index in [-0.39, 0.29) is 30.0 Å². The fourth-order valence-electron chi connectivity index (χ4n) is 6.11. The van der Waals surface area contributed by atoms with E-state index in [9.17, 15) is 9.59 Å². The van der Waals surface area contributed by atoms with Crippen molar-refractivity contribution in [1.82, 2.24) is 0 Å². The number of unbranched alkanes of at least 4 members (excludes halogenated alkanes) is 14. The van der Waals surface area contributed by atoms with Gasteiger partial charge in [-0.1, -0.05) is 138 Å². The second kappa shape index (κ2) is 48.2. The highest BCUT2D eigenvalue weighted by molar-refractivity contribution is 6.08. The van der Waals surface area contributed by atoms with Crippen molar-refractivity contribution in [2.24, 2.45) is 11.8 Å². The molecule has 6 nitrogen and oxygen atoms in total. The fraction of sp³-hybridized carbons (Fsp3) is 0.593. The van der Waals surface area contributed by atoms with Crippen LogP contribution in [-0.4, -0.2) is 58.4 Å². The SMILES string of the molecule is C=CC[C@H]1C=CC(=O)/C1=C/C=C/CCCCC.CC/C=C\CCCCO.CCCCC/C=C/C=C1/C(=O)C=C[C@@H]1C/C=C\CCCCO.OCCCC/C=C\CCCCO. The van der Waals surface area contributed by atoms with Gasteiger partial charge in [0.05, 0.1) is 0 Å². The van der Waals surface area contributed by atoms with E-state index in [1.165, 1.54) is 38.5 Å². The van der Waals surface area contributed by atoms with Crippen molar-refractivity contribution in [3.05, 3.63) is 121 Å². The average molecular weight is 833 g/mol. The molecule has 340 valence electrons. The molecule has 2 aliphatic rings. The molecule has 0 aromatic rings. The molecule has 0 spiro atoms. The quantitative estimate of drug-likeness (QED) is 0.0314. The van der Waals surface area contributed by atoms with Crippen molar-refractivity contribution in [2.75, 3.05) is 26.4 Å². The van der Waals surface area contributed by atoms with Gasteiger partial charge < -0.3 is 20.4 Å². The van der Waals surface area contributed by atoms with Crippen LogP contribution in [0.5, 0.6) is 0 Å². The maximum Gasteiger partial charge on any atom is 0.182 e. The number of aliphatic hydroxyl groups excluding tert-OH is 4. The molecule has 0 fully saturated rings. The van der Waals surface area contributed by atoms with Crippen LogP contribution in [0.2, 0.25) is 0 Å². The molecule has 0 saturated carbocycles. The van der Waals surface area contributed by atoms with Crippen LogP contribution in [0.4, 0.5) is 0 Å². The molecule has 0 radical (unpaired) electrons. The van der Waals surface area contributed by atoms with Gasteiger partial charge in [0.2, 0.25) is 0 Å². The van der Waals surface area contributed by atoms with Crippen LogP contribution in [0.15, 0.2) is 121 Å². The smallest absolute Gasteiger partial charge is 0.182 e. The third kappa shape index (κ3) is 37.6. The Balaban J connectivity index is 0. The predicted octanol–water partition coefficient (Wildman–Crippen LogP) is 13.3. The van der Waals surface area contributed by atoms with E-state index in [0.717, 1.165) is 120 Å². The minimum atomic E-state index is 0.148. The van der Waals surface area contributed by atoms with Gasteiger partial charge in [0.25, 0.3) is 0 Å². The van der Waals surface area contributed by atoms with Crippen molar-refractivity contribution < 1.29 is 30.0 Å². The summed E-state index contributed by atoms with van der Waals surface area (Å²) >= 11 is 0. The van der Waals surface area contributed by atoms with Crippen molar-refractivity contribution >= 4 is 11.6 Å². The lowest BCUT2D eigenvalue weighted by Gasteiger charge is -2.06. The molecule has 6 heteroatoms. The van der Waals surface area contributed by atoms with Gasteiger partial charge in [-0.15, -0.1) is 6.58 Å². The Morgan fingerprint density at radius 2 is 0.817 bits per heavy atom. The molecule has 0 heterocycles. The largest absolute Gasteiger partial charge is 0.396 e. The molecule has 2 rings (SSSR count). The zero-order valence-electron chi connectivity index (χ0n) is 38.4. The Morgan fingerprint density at radius 1 is 0.467 bits per heavy atom. The van der Waals surface area contributed by atoms with E-state index < -0.39 is 0 Å². The van der Waals surface area contributed by atoms with Gasteiger partial charge in [-0.05, 0) is 134 Å². The van der Waals surface area contributed by atoms with Gasteiger partial charge in [0, 0.05) is 49.4 Å². The van der Waals surface area contributed by atoms with Crippen LogP contribution < -0.4 is 0 Å². The number of hydrogen-bond acceptors (Lipinski definition) is 6. The minimum absolute atomic E-state index is 0.148. The van der Waals surface area contributed by atoms with Crippen molar-refractivity contribution in [1.29, 1.82) is 0 Å². The topological polar surface area (TPSA) is 115 Å². The van der Waals surface area contributed by atoms with Crippen LogP contribution >= 0.6 is 0 Å². The Bertz CT molecular complexity index is 1280. The lowest BCUT2D eigenvalue weighted by molar-refractivity contribution is -0.112. The van der Waals surface area contributed by atoms with Crippen LogP contribution in [0, 0.1) is 11.8 Å². The van der Waals surface area contributed by atoms with Crippen LogP contribution in [-0.2, 0) is 9.59 Å². The number of rotatable bonds is 31. The Kier molecular flexibility index (Phi) is 47.2. The first-order valence-electron chi connectivity index (χ1n) is 23.6. The van der Waals surface area contributed by atoms with Gasteiger partial charge in [-0.3, -0.25) is 9.59 Å². The zero-order chi connectivity index (χ0) is 44.6. The zero-order valence-corrected chi connectivity index (χ0v) is 38.4. The molecule has 0 amide bonds. The first-order valence-corrected chi connectivity index (χ1v) is 23.6. The summed E-state index contributed by atoms with van der Waals surface area (Å²) in [5.41, 5.74) is 1.81. The maximum absolute atomic E-state index is 11.9. The van der Waals surface area contributed by atoms with Crippen molar-refractivity contribution in [2.45, 2.75) is 168 Å². The summed E-state index contributed by atoms with van der Waals surface area (Å²) in [6, 6.07) is 0. The summed E-state index contributed by atoms with van der Waals surface area (Å²) in [5, 5.41) is 34.1. The van der Waals surface area contributed by atoms with E-state index in [1.807, 2.05) is 42.5 Å². The Morgan fingerprint density at radius 3 is 1.18 bits per heavy atom. The van der Waals surface area contributed by atoms with Crippen molar-refractivity contribution in [3.8, 4) is 0 Å². The average Bonchev–Trinajstić information content (AvgIpc) is 3.79. The second-order valence-corrected chi connectivity index (χ2v) is 15.2. The lowest BCUT2D eigenvalue weighted by atomic mass is 9.97. The minimum Gasteiger partial charge on any atom is -0.396 e. The maximum atomic E-state index is 11.9. The number of carbonyl (C=O) groups excluding carboxylic acids is 2. The van der Waals surface area contributed by atoms with Gasteiger partial charge in [-0.25, -0.2) is 0 Å². The van der Waals surface area contributed by atoms with Crippen LogP contribution in [0.1, 0.15) is 168 Å². The fourth-order valence-corrected chi connectivity index (χ4v) is 6.11. The molecule has 0 aromatic carbocycles. The Labute approximate surface area is 368 Å². The number of ketones is 2. The molecule has 2 atom stereocenters. The summed E-state index contributed by atoms with van der Waals surface area (Å²) in [7, 11) is 0. The summed E-state index contributed by atoms with van der Waals surface area (Å²) in [6.07, 6.45) is 59.2. The normalized spacial score (nSPS) is 17.4. The Hall–Kier alpha value is -3.42. The summed E-state index contributed by atoms with van der Waals surface area (Å²) in [5.74, 6) is 0.758. The van der Waals surface area contributed by atoms with Gasteiger partial charge in [-0.2, -0.15) is 0 Å². The molecule has 2 aliphatic carbocycles. The molecule has 60 heavy (non-hydrogen) atoms. The van der Waals surface area contributed by atoms with Gasteiger partial charge in [0.15, 0.2) is 11.6 Å². The highest BCUT2D eigenvalue weighted by Gasteiger charge is 2.21. The van der Waals surface area contributed by atoms with Crippen LogP contribution in [0.25, 0.3) is 0 Å². The number of carbonyl (C=O) groups is 2. The predicted molar refractivity (Wildman–Crippen MR) is 259 cm³/mol. The number of allylic oxidation sites excluding steroid dienone is 19. The van der Waals surface area contributed by atoms with E-state index in [2.05, 4.69) is 76.0 Å². The molecule has 0 bridgehead atoms. The third-order valence-electron chi connectivity index (χ3n) is 9.76. The molecular weight excluding hydrogens is 745 g/mol. The van der Waals surface area contributed by atoms with Gasteiger partial charge >= 0.3 is 0 Å². The monoisotopic (exact) mass is 833 g/mol. The molecule has 4 N–H and O–H groups in total. The summed E-state index contributed by atoms with van der Waals surface area (Å²) in [6.45, 7) is 11.5. The van der Waals surface area contributed by atoms with Crippen molar-refractivity contribution in [3.63, 3.8) is 0 Å². The van der Waals surface area contributed by atoms with E-state index in [1.54, 1.807) is 12.2 Å². The second-order valence-electron chi connectivity index (χ2n) is 15.2. The van der Waals surface area contributed by atoms with E-state index >= 15 is 0 Å². The first kappa shape index (κ1) is 58.7. The molecule has 0 aliphatic heterocycles. The third-order valence-corrected chi connectivity index (χ3v) is 9.76. The van der Waals surface area contributed by atoms with E-state index in [4.69, 9.17) is 20.4 Å². The summed E-state index contributed by atoms with van der Waals surface area (Å²) in [4.78, 5) is 23.5. The summed E-state index contributed by atoms with van der Waals surface area (Å²) < 4.78 is 0. The highest BCUT2D eigenvalue weighted by Crippen LogP contribution is 2.26. The van der Waals surface area contributed by atoms with Gasteiger partial charge in [0.1, 0.15) is 0 Å². The standard InChI is InChI=1S/C20H30O2.C16H22O.C10H20O2.C8H16O/c1-2-3-4-5-8-11-14-19-18(15-16-20(19)22)13-10-7-6-9-12-17-21;1-3-5-6-7-8-9-11-15-14(10-4-2)12-13-16(15)17;11-9-7-5-3-1-2-4-6-8-10-12;1-2-3-4-5-6-7-8-9/h7-8,10-11,14-16,18,21H,2-6,9,12-13,17H2,1H3;4,8-9,11-14H,2-3,5-7,10H2,1H3;1-2,11-12H,3-10H2;3-4,9H,2,5-8H2,1H3/b10-7-,11-8+,19-14+;9-8+,15-11+;2-1-;4-3-/t18-;14-;;/m00../s1. The molecule has 0 saturated heterocycles. The molecular formula is C54H88O6.